The van der Waals surface area contributed by atoms with Crippen LogP contribution >= 0.6 is 31.9 Å². The molecular formula is C12H8Br2F3N3. The third-order valence-electron chi connectivity index (χ3n) is 2.43. The lowest BCUT2D eigenvalue weighted by Crippen LogP contribution is -2.09. The molecule has 0 radical (unpaired) electrons. The summed E-state index contributed by atoms with van der Waals surface area (Å²) in [5.41, 5.74) is 5.52. The molecule has 2 aromatic rings. The van der Waals surface area contributed by atoms with Crippen LogP contribution in [0.4, 0.5) is 30.2 Å². The first-order valence-electron chi connectivity index (χ1n) is 5.32. The van der Waals surface area contributed by atoms with Crippen LogP contribution in [-0.2, 0) is 6.18 Å². The van der Waals surface area contributed by atoms with E-state index in [2.05, 4.69) is 42.2 Å². The zero-order chi connectivity index (χ0) is 14.9. The highest BCUT2D eigenvalue weighted by atomic mass is 79.9. The number of rotatable bonds is 2. The Labute approximate surface area is 129 Å². The number of pyridine rings is 1. The number of alkyl halides is 3. The molecule has 0 spiro atoms. The maximum Gasteiger partial charge on any atom is 0.433 e. The summed E-state index contributed by atoms with van der Waals surface area (Å²) in [4.78, 5) is 3.28. The van der Waals surface area contributed by atoms with Gasteiger partial charge in [-0.25, -0.2) is 4.98 Å². The fourth-order valence-corrected chi connectivity index (χ4v) is 2.61. The summed E-state index contributed by atoms with van der Waals surface area (Å²) >= 11 is 6.61. The Bertz CT molecular complexity index is 644. The maximum absolute atomic E-state index is 12.6. The van der Waals surface area contributed by atoms with Crippen LogP contribution in [0.15, 0.2) is 39.4 Å². The molecule has 8 heteroatoms. The molecule has 20 heavy (non-hydrogen) atoms. The summed E-state index contributed by atoms with van der Waals surface area (Å²) in [7, 11) is 0. The summed E-state index contributed by atoms with van der Waals surface area (Å²) in [6.07, 6.45) is -3.53. The van der Waals surface area contributed by atoms with Crippen molar-refractivity contribution in [3.8, 4) is 0 Å². The first kappa shape index (κ1) is 15.1. The van der Waals surface area contributed by atoms with Gasteiger partial charge in [-0.05, 0) is 40.2 Å². The molecule has 106 valence electrons. The smallest absolute Gasteiger partial charge is 0.396 e. The van der Waals surface area contributed by atoms with Gasteiger partial charge in [-0.15, -0.1) is 0 Å². The largest absolute Gasteiger partial charge is 0.433 e. The maximum atomic E-state index is 12.6. The van der Waals surface area contributed by atoms with Crippen molar-refractivity contribution >= 4 is 48.9 Å². The summed E-state index contributed by atoms with van der Waals surface area (Å²) in [6.45, 7) is 0. The Kier molecular flexibility index (Phi) is 4.24. The zero-order valence-corrected chi connectivity index (χ0v) is 13.0. The molecule has 0 bridgehead atoms. The lowest BCUT2D eigenvalue weighted by molar-refractivity contribution is -0.141. The average molecular weight is 411 g/mol. The van der Waals surface area contributed by atoms with Gasteiger partial charge in [0.25, 0.3) is 0 Å². The Morgan fingerprint density at radius 3 is 2.40 bits per heavy atom. The van der Waals surface area contributed by atoms with E-state index in [1.165, 1.54) is 0 Å². The Morgan fingerprint density at radius 1 is 1.10 bits per heavy atom. The van der Waals surface area contributed by atoms with Crippen molar-refractivity contribution in [3.63, 3.8) is 0 Å². The quantitative estimate of drug-likeness (QED) is 0.736. The van der Waals surface area contributed by atoms with Crippen LogP contribution in [0.3, 0.4) is 0 Å². The van der Waals surface area contributed by atoms with Crippen molar-refractivity contribution in [2.45, 2.75) is 6.18 Å². The number of nitrogens with zero attached hydrogens (tertiary/aromatic N) is 1. The molecule has 1 heterocycles. The molecule has 0 saturated heterocycles. The highest BCUT2D eigenvalue weighted by Gasteiger charge is 2.33. The monoisotopic (exact) mass is 409 g/mol. The number of nitrogen functional groups attached to an aromatic ring is 1. The molecule has 3 nitrogen and oxygen atoms in total. The van der Waals surface area contributed by atoms with Crippen LogP contribution in [0.25, 0.3) is 0 Å². The topological polar surface area (TPSA) is 50.9 Å². The number of nitrogens with one attached hydrogen (secondary N) is 1. The van der Waals surface area contributed by atoms with E-state index in [9.17, 15) is 13.2 Å². The minimum absolute atomic E-state index is 0.132. The second-order valence-corrected chi connectivity index (χ2v) is 5.67. The van der Waals surface area contributed by atoms with Gasteiger partial charge < -0.3 is 11.1 Å². The molecule has 0 aliphatic rings. The third kappa shape index (κ3) is 3.43. The van der Waals surface area contributed by atoms with Crippen molar-refractivity contribution in [1.29, 1.82) is 0 Å². The molecule has 3 N–H and O–H groups in total. The first-order chi connectivity index (χ1) is 9.27. The van der Waals surface area contributed by atoms with Crippen molar-refractivity contribution in [3.05, 3.63) is 45.1 Å². The lowest BCUT2D eigenvalue weighted by Gasteiger charge is -2.13. The number of hydrogen-bond donors (Lipinski definition) is 2. The molecule has 0 unspecified atom stereocenters. The van der Waals surface area contributed by atoms with E-state index in [0.717, 1.165) is 16.7 Å². The molecule has 0 saturated carbocycles. The number of anilines is 3. The van der Waals surface area contributed by atoms with E-state index in [4.69, 9.17) is 5.73 Å². The van der Waals surface area contributed by atoms with Crippen LogP contribution in [-0.4, -0.2) is 4.98 Å². The van der Waals surface area contributed by atoms with Crippen LogP contribution in [0.2, 0.25) is 0 Å². The highest BCUT2D eigenvalue weighted by Crippen LogP contribution is 2.34. The molecular weight excluding hydrogens is 403 g/mol. The molecule has 0 amide bonds. The predicted molar refractivity (Wildman–Crippen MR) is 78.8 cm³/mol. The molecule has 0 atom stereocenters. The van der Waals surface area contributed by atoms with E-state index in [0.29, 0.717) is 10.2 Å². The van der Waals surface area contributed by atoms with E-state index in [-0.39, 0.29) is 11.4 Å². The van der Waals surface area contributed by atoms with Gasteiger partial charge in [0, 0.05) is 8.95 Å². The minimum atomic E-state index is -4.51. The van der Waals surface area contributed by atoms with Crippen LogP contribution in [0.1, 0.15) is 5.69 Å². The van der Waals surface area contributed by atoms with Gasteiger partial charge in [0.2, 0.25) is 0 Å². The molecule has 2 rings (SSSR count). The number of hydrogen-bond acceptors (Lipinski definition) is 3. The molecule has 0 fully saturated rings. The second kappa shape index (κ2) is 5.61. The predicted octanol–water partition coefficient (Wildman–Crippen LogP) is 4.95. The van der Waals surface area contributed by atoms with Gasteiger partial charge >= 0.3 is 6.18 Å². The van der Waals surface area contributed by atoms with E-state index < -0.39 is 11.9 Å². The van der Waals surface area contributed by atoms with Crippen LogP contribution in [0.5, 0.6) is 0 Å². The van der Waals surface area contributed by atoms with Gasteiger partial charge in [-0.1, -0.05) is 15.9 Å². The first-order valence-corrected chi connectivity index (χ1v) is 6.91. The van der Waals surface area contributed by atoms with E-state index in [1.54, 1.807) is 18.2 Å². The number of aromatic nitrogens is 1. The van der Waals surface area contributed by atoms with Crippen molar-refractivity contribution in [2.24, 2.45) is 0 Å². The van der Waals surface area contributed by atoms with Gasteiger partial charge in [-0.2, -0.15) is 13.2 Å². The number of benzene rings is 1. The standard InChI is InChI=1S/C12H8Br2F3N3/c13-6-1-2-9(7(14)3-6)20-10-4-11(12(15,16)17)19-5-8(10)18/h1-5H,18H2,(H,19,20). The number of nitrogens with two attached hydrogens (primary N) is 1. The van der Waals surface area contributed by atoms with E-state index >= 15 is 0 Å². The average Bonchev–Trinajstić information content (AvgIpc) is 2.33. The van der Waals surface area contributed by atoms with Gasteiger partial charge in [-0.3, -0.25) is 0 Å². The highest BCUT2D eigenvalue weighted by molar-refractivity contribution is 9.11. The third-order valence-corrected chi connectivity index (χ3v) is 3.58. The fourth-order valence-electron chi connectivity index (χ4n) is 1.47. The van der Waals surface area contributed by atoms with Crippen molar-refractivity contribution in [2.75, 3.05) is 11.1 Å². The van der Waals surface area contributed by atoms with Crippen LogP contribution < -0.4 is 11.1 Å². The van der Waals surface area contributed by atoms with Crippen LogP contribution in [0, 0.1) is 0 Å². The molecule has 1 aromatic carbocycles. The molecule has 0 aliphatic carbocycles. The minimum Gasteiger partial charge on any atom is -0.396 e. The number of halogens is 5. The summed E-state index contributed by atoms with van der Waals surface area (Å²) in [6, 6.07) is 6.12. The summed E-state index contributed by atoms with van der Waals surface area (Å²) < 4.78 is 39.4. The molecule has 1 aromatic heterocycles. The van der Waals surface area contributed by atoms with Gasteiger partial charge in [0.05, 0.1) is 23.3 Å². The zero-order valence-electron chi connectivity index (χ0n) is 9.80. The molecule has 0 aliphatic heterocycles. The summed E-state index contributed by atoms with van der Waals surface area (Å²) in [5.74, 6) is 0. The lowest BCUT2D eigenvalue weighted by atomic mass is 10.2. The SMILES string of the molecule is Nc1cnc(C(F)(F)F)cc1Nc1ccc(Br)cc1Br. The Hall–Kier alpha value is -1.28. The fraction of sp³-hybridized carbons (Fsp3) is 0.0833. The van der Waals surface area contributed by atoms with Gasteiger partial charge in [0.1, 0.15) is 5.69 Å². The Morgan fingerprint density at radius 2 is 1.80 bits per heavy atom. The summed E-state index contributed by atoms with van der Waals surface area (Å²) in [5, 5.41) is 2.85. The van der Waals surface area contributed by atoms with Gasteiger partial charge in [0.15, 0.2) is 0 Å². The normalized spacial score (nSPS) is 11.4. The van der Waals surface area contributed by atoms with Crippen molar-refractivity contribution < 1.29 is 13.2 Å². The second-order valence-electron chi connectivity index (χ2n) is 3.90. The Balaban J connectivity index is 2.38. The van der Waals surface area contributed by atoms with Crippen molar-refractivity contribution in [1.82, 2.24) is 4.98 Å². The van der Waals surface area contributed by atoms with E-state index in [1.807, 2.05) is 0 Å².